The van der Waals surface area contributed by atoms with Crippen molar-refractivity contribution in [3.05, 3.63) is 0 Å². The Kier molecular flexibility index (Phi) is 3.82. The van der Waals surface area contributed by atoms with Crippen LogP contribution in [0.1, 0.15) is 32.6 Å². The molecule has 0 spiro atoms. The Morgan fingerprint density at radius 2 is 2.25 bits per heavy atom. The van der Waals surface area contributed by atoms with Gasteiger partial charge in [-0.1, -0.05) is 6.42 Å². The lowest BCUT2D eigenvalue weighted by molar-refractivity contribution is -0.148. The number of hydrogen-bond acceptors (Lipinski definition) is 4. The molecule has 1 saturated heterocycles. The molecule has 4 nitrogen and oxygen atoms in total. The van der Waals surface area contributed by atoms with Gasteiger partial charge in [0, 0.05) is 19.1 Å². The molecule has 2 rings (SSSR count). The largest absolute Gasteiger partial charge is 0.465 e. The third-order valence-corrected chi connectivity index (χ3v) is 3.71. The number of carbonyl (C=O) groups excluding carboxylic acids is 1. The fourth-order valence-electron chi connectivity index (χ4n) is 2.63. The average molecular weight is 226 g/mol. The van der Waals surface area contributed by atoms with E-state index < -0.39 is 0 Å². The van der Waals surface area contributed by atoms with Gasteiger partial charge in [0.1, 0.15) is 6.04 Å². The van der Waals surface area contributed by atoms with Crippen molar-refractivity contribution in [1.82, 2.24) is 4.90 Å². The molecule has 1 unspecified atom stereocenters. The summed E-state index contributed by atoms with van der Waals surface area (Å²) in [7, 11) is 0. The average Bonchev–Trinajstić information content (AvgIpc) is 2.54. The molecular weight excluding hydrogens is 204 g/mol. The second-order valence-corrected chi connectivity index (χ2v) is 5.01. The second-order valence-electron chi connectivity index (χ2n) is 5.01. The molecule has 0 aromatic carbocycles. The monoisotopic (exact) mass is 226 g/mol. The van der Waals surface area contributed by atoms with E-state index in [1.807, 2.05) is 6.92 Å². The molecule has 1 saturated carbocycles. The Balaban J connectivity index is 1.89. The lowest BCUT2D eigenvalue weighted by Gasteiger charge is -2.32. The van der Waals surface area contributed by atoms with Crippen LogP contribution in [0, 0.1) is 5.92 Å². The summed E-state index contributed by atoms with van der Waals surface area (Å²) in [6, 6.07) is 0.0463. The summed E-state index contributed by atoms with van der Waals surface area (Å²) in [5, 5.41) is 0. The van der Waals surface area contributed by atoms with Crippen LogP contribution in [-0.2, 0) is 9.53 Å². The molecule has 0 bridgehead atoms. The summed E-state index contributed by atoms with van der Waals surface area (Å²) in [4.78, 5) is 14.0. The lowest BCUT2D eigenvalue weighted by atomic mass is 9.85. The quantitative estimate of drug-likeness (QED) is 0.719. The molecule has 0 aromatic heterocycles. The first-order valence-corrected chi connectivity index (χ1v) is 6.37. The molecule has 1 aliphatic carbocycles. The van der Waals surface area contributed by atoms with Crippen molar-refractivity contribution in [2.24, 2.45) is 11.7 Å². The fraction of sp³-hybridized carbons (Fsp3) is 0.917. The first-order chi connectivity index (χ1) is 7.70. The zero-order chi connectivity index (χ0) is 11.5. The van der Waals surface area contributed by atoms with E-state index in [0.717, 1.165) is 25.4 Å². The van der Waals surface area contributed by atoms with E-state index in [2.05, 4.69) is 4.90 Å². The van der Waals surface area contributed by atoms with Crippen molar-refractivity contribution in [1.29, 1.82) is 0 Å². The third-order valence-electron chi connectivity index (χ3n) is 3.71. The minimum absolute atomic E-state index is 0.0875. The maximum atomic E-state index is 11.8. The predicted octanol–water partition coefficient (Wildman–Crippen LogP) is 0.751. The molecule has 16 heavy (non-hydrogen) atoms. The maximum Gasteiger partial charge on any atom is 0.323 e. The molecule has 2 fully saturated rings. The summed E-state index contributed by atoms with van der Waals surface area (Å²) in [6.07, 6.45) is 4.71. The SMILES string of the molecule is CCOC(=O)C1C[C@H](N)CN1CC1CCC1. The Labute approximate surface area is 97.1 Å². The first-order valence-electron chi connectivity index (χ1n) is 6.37. The number of hydrogen-bond donors (Lipinski definition) is 1. The van der Waals surface area contributed by atoms with E-state index in [-0.39, 0.29) is 18.1 Å². The van der Waals surface area contributed by atoms with Gasteiger partial charge in [-0.3, -0.25) is 9.69 Å². The second kappa shape index (κ2) is 5.15. The van der Waals surface area contributed by atoms with Gasteiger partial charge in [-0.25, -0.2) is 0 Å². The van der Waals surface area contributed by atoms with Crippen LogP contribution in [0.5, 0.6) is 0 Å². The predicted molar refractivity (Wildman–Crippen MR) is 61.9 cm³/mol. The Hall–Kier alpha value is -0.610. The number of ether oxygens (including phenoxy) is 1. The maximum absolute atomic E-state index is 11.8. The highest BCUT2D eigenvalue weighted by atomic mass is 16.5. The molecule has 2 aliphatic rings. The topological polar surface area (TPSA) is 55.6 Å². The van der Waals surface area contributed by atoms with E-state index in [4.69, 9.17) is 10.5 Å². The Morgan fingerprint density at radius 3 is 2.81 bits per heavy atom. The van der Waals surface area contributed by atoms with Gasteiger partial charge in [-0.05, 0) is 32.1 Å². The minimum Gasteiger partial charge on any atom is -0.465 e. The van der Waals surface area contributed by atoms with Crippen molar-refractivity contribution >= 4 is 5.97 Å². The van der Waals surface area contributed by atoms with E-state index in [9.17, 15) is 4.79 Å². The Bertz CT molecular complexity index is 253. The standard InChI is InChI=1S/C12H22N2O2/c1-2-16-12(15)11-6-10(13)8-14(11)7-9-4-3-5-9/h9-11H,2-8,13H2,1H3/t10-,11?/m0/s1. The number of nitrogens with two attached hydrogens (primary N) is 1. The number of esters is 1. The van der Waals surface area contributed by atoms with Gasteiger partial charge in [0.05, 0.1) is 6.61 Å². The molecule has 2 N–H and O–H groups in total. The molecule has 92 valence electrons. The summed E-state index contributed by atoms with van der Waals surface area (Å²) < 4.78 is 5.10. The van der Waals surface area contributed by atoms with Crippen molar-refractivity contribution in [2.75, 3.05) is 19.7 Å². The van der Waals surface area contributed by atoms with Gasteiger partial charge in [0.2, 0.25) is 0 Å². The van der Waals surface area contributed by atoms with Gasteiger partial charge < -0.3 is 10.5 Å². The molecular formula is C12H22N2O2. The molecule has 2 atom stereocenters. The van der Waals surface area contributed by atoms with Crippen molar-refractivity contribution < 1.29 is 9.53 Å². The summed E-state index contributed by atoms with van der Waals surface area (Å²) in [5.41, 5.74) is 5.94. The van der Waals surface area contributed by atoms with E-state index in [1.54, 1.807) is 0 Å². The van der Waals surface area contributed by atoms with Crippen LogP contribution >= 0.6 is 0 Å². The van der Waals surface area contributed by atoms with Crippen LogP contribution < -0.4 is 5.73 Å². The normalized spacial score (nSPS) is 31.4. The summed E-state index contributed by atoms with van der Waals surface area (Å²) in [6.45, 7) is 4.18. The highest BCUT2D eigenvalue weighted by Gasteiger charge is 2.37. The molecule has 1 heterocycles. The molecule has 0 radical (unpaired) electrons. The summed E-state index contributed by atoms with van der Waals surface area (Å²) >= 11 is 0. The summed E-state index contributed by atoms with van der Waals surface area (Å²) in [5.74, 6) is 0.692. The van der Waals surface area contributed by atoms with Gasteiger partial charge in [0.25, 0.3) is 0 Å². The molecule has 4 heteroatoms. The van der Waals surface area contributed by atoms with E-state index in [1.165, 1.54) is 19.3 Å². The minimum atomic E-state index is -0.0882. The first kappa shape index (κ1) is 11.9. The van der Waals surface area contributed by atoms with Gasteiger partial charge >= 0.3 is 5.97 Å². The number of rotatable bonds is 4. The molecule has 0 amide bonds. The van der Waals surface area contributed by atoms with E-state index in [0.29, 0.717) is 6.61 Å². The number of nitrogens with zero attached hydrogens (tertiary/aromatic N) is 1. The van der Waals surface area contributed by atoms with Crippen molar-refractivity contribution in [2.45, 2.75) is 44.7 Å². The number of likely N-dealkylation sites (tertiary alicyclic amines) is 1. The van der Waals surface area contributed by atoms with Crippen molar-refractivity contribution in [3.63, 3.8) is 0 Å². The Morgan fingerprint density at radius 1 is 1.50 bits per heavy atom. The highest BCUT2D eigenvalue weighted by Crippen LogP contribution is 2.30. The fourth-order valence-corrected chi connectivity index (χ4v) is 2.63. The van der Waals surface area contributed by atoms with Gasteiger partial charge in [0.15, 0.2) is 0 Å². The molecule has 0 aromatic rings. The highest BCUT2D eigenvalue weighted by molar-refractivity contribution is 5.76. The smallest absolute Gasteiger partial charge is 0.323 e. The van der Waals surface area contributed by atoms with Crippen molar-refractivity contribution in [3.8, 4) is 0 Å². The molecule has 1 aliphatic heterocycles. The van der Waals surface area contributed by atoms with Crippen LogP contribution in [0.15, 0.2) is 0 Å². The van der Waals surface area contributed by atoms with Crippen LogP contribution in [-0.4, -0.2) is 42.6 Å². The number of carbonyl (C=O) groups is 1. The van der Waals surface area contributed by atoms with Crippen LogP contribution in [0.3, 0.4) is 0 Å². The zero-order valence-electron chi connectivity index (χ0n) is 10.0. The van der Waals surface area contributed by atoms with Crippen LogP contribution in [0.25, 0.3) is 0 Å². The van der Waals surface area contributed by atoms with Crippen LogP contribution in [0.2, 0.25) is 0 Å². The van der Waals surface area contributed by atoms with Gasteiger partial charge in [-0.15, -0.1) is 0 Å². The van der Waals surface area contributed by atoms with Gasteiger partial charge in [-0.2, -0.15) is 0 Å². The van der Waals surface area contributed by atoms with E-state index >= 15 is 0 Å². The zero-order valence-corrected chi connectivity index (χ0v) is 10.0. The van der Waals surface area contributed by atoms with Crippen LogP contribution in [0.4, 0.5) is 0 Å². The lowest BCUT2D eigenvalue weighted by Crippen LogP contribution is -2.41. The third kappa shape index (κ3) is 2.55.